The lowest BCUT2D eigenvalue weighted by molar-refractivity contribution is 0.103. The van der Waals surface area contributed by atoms with Crippen molar-refractivity contribution >= 4 is 27.4 Å². The Morgan fingerprint density at radius 3 is 2.00 bits per heavy atom. The summed E-state index contributed by atoms with van der Waals surface area (Å²) in [6.45, 7) is 8.06. The number of rotatable bonds is 2. The molecule has 2 rings (SSSR count). The van der Waals surface area contributed by atoms with Crippen LogP contribution < -0.4 is 5.73 Å². The highest BCUT2D eigenvalue weighted by atomic mass is 79.9. The molecule has 0 saturated carbocycles. The quantitative estimate of drug-likeness (QED) is 0.650. The Bertz CT molecular complexity index is 658. The third-order valence-corrected chi connectivity index (χ3v) is 4.23. The molecular formula is C17H18BrNO. The number of anilines is 1. The number of nitrogen functional groups attached to an aromatic ring is 1. The Morgan fingerprint density at radius 2 is 1.50 bits per heavy atom. The zero-order valence-corrected chi connectivity index (χ0v) is 13.8. The molecule has 104 valence electrons. The molecule has 0 amide bonds. The second kappa shape index (κ2) is 5.41. The molecule has 2 N–H and O–H groups in total. The lowest BCUT2D eigenvalue weighted by atomic mass is 9.89. The SMILES string of the molecule is Cc1cc(C)c(C)c(C(=O)c2cc(N)cc(Br)c2)c1C. The van der Waals surface area contributed by atoms with Crippen molar-refractivity contribution in [2.24, 2.45) is 0 Å². The predicted molar refractivity (Wildman–Crippen MR) is 87.4 cm³/mol. The van der Waals surface area contributed by atoms with Crippen molar-refractivity contribution in [1.29, 1.82) is 0 Å². The van der Waals surface area contributed by atoms with E-state index in [0.29, 0.717) is 11.3 Å². The summed E-state index contributed by atoms with van der Waals surface area (Å²) in [5.41, 5.74) is 12.2. The van der Waals surface area contributed by atoms with Crippen molar-refractivity contribution in [2.75, 3.05) is 5.73 Å². The topological polar surface area (TPSA) is 43.1 Å². The smallest absolute Gasteiger partial charge is 0.193 e. The second-order valence-corrected chi connectivity index (χ2v) is 6.15. The molecule has 2 aromatic rings. The van der Waals surface area contributed by atoms with E-state index in [4.69, 9.17) is 5.73 Å². The van der Waals surface area contributed by atoms with E-state index < -0.39 is 0 Å². The largest absolute Gasteiger partial charge is 0.399 e. The Balaban J connectivity index is 2.65. The number of halogens is 1. The van der Waals surface area contributed by atoms with Crippen LogP contribution in [-0.2, 0) is 0 Å². The van der Waals surface area contributed by atoms with Crippen LogP contribution in [0, 0.1) is 27.7 Å². The van der Waals surface area contributed by atoms with Gasteiger partial charge in [-0.1, -0.05) is 22.0 Å². The molecule has 0 atom stereocenters. The standard InChI is InChI=1S/C17H18BrNO/c1-9-5-10(2)12(4)16(11(9)3)17(20)13-6-14(18)8-15(19)7-13/h5-8H,19H2,1-4H3. The number of nitrogens with two attached hydrogens (primary N) is 1. The number of carbonyl (C=O) groups is 1. The van der Waals surface area contributed by atoms with Crippen molar-refractivity contribution in [3.8, 4) is 0 Å². The van der Waals surface area contributed by atoms with E-state index in [1.165, 1.54) is 0 Å². The third kappa shape index (κ3) is 2.63. The normalized spacial score (nSPS) is 10.7. The van der Waals surface area contributed by atoms with Crippen LogP contribution >= 0.6 is 15.9 Å². The van der Waals surface area contributed by atoms with Gasteiger partial charge in [0.15, 0.2) is 5.78 Å². The van der Waals surface area contributed by atoms with Gasteiger partial charge in [-0.3, -0.25) is 4.79 Å². The van der Waals surface area contributed by atoms with Crippen LogP contribution in [0.5, 0.6) is 0 Å². The van der Waals surface area contributed by atoms with Gasteiger partial charge >= 0.3 is 0 Å². The van der Waals surface area contributed by atoms with Gasteiger partial charge in [0.25, 0.3) is 0 Å². The van der Waals surface area contributed by atoms with E-state index in [0.717, 1.165) is 32.3 Å². The van der Waals surface area contributed by atoms with Crippen LogP contribution in [0.4, 0.5) is 5.69 Å². The highest BCUT2D eigenvalue weighted by molar-refractivity contribution is 9.10. The number of carbonyl (C=O) groups excluding carboxylic acids is 1. The van der Waals surface area contributed by atoms with Crippen molar-refractivity contribution in [2.45, 2.75) is 27.7 Å². The summed E-state index contributed by atoms with van der Waals surface area (Å²) >= 11 is 3.39. The Labute approximate surface area is 128 Å². The summed E-state index contributed by atoms with van der Waals surface area (Å²) in [6.07, 6.45) is 0. The Hall–Kier alpha value is -1.61. The summed E-state index contributed by atoms with van der Waals surface area (Å²) in [4.78, 5) is 12.8. The van der Waals surface area contributed by atoms with E-state index in [9.17, 15) is 4.79 Å². The highest BCUT2D eigenvalue weighted by Crippen LogP contribution is 2.26. The lowest BCUT2D eigenvalue weighted by Crippen LogP contribution is -2.09. The van der Waals surface area contributed by atoms with Crippen LogP contribution in [0.25, 0.3) is 0 Å². The Kier molecular flexibility index (Phi) is 4.00. The fourth-order valence-electron chi connectivity index (χ4n) is 2.45. The third-order valence-electron chi connectivity index (χ3n) is 3.78. The van der Waals surface area contributed by atoms with Gasteiger partial charge < -0.3 is 5.73 Å². The number of hydrogen-bond acceptors (Lipinski definition) is 2. The van der Waals surface area contributed by atoms with E-state index >= 15 is 0 Å². The van der Waals surface area contributed by atoms with E-state index in [1.807, 2.05) is 33.8 Å². The van der Waals surface area contributed by atoms with E-state index in [-0.39, 0.29) is 5.78 Å². The van der Waals surface area contributed by atoms with Gasteiger partial charge in [0.05, 0.1) is 0 Å². The molecule has 0 aliphatic heterocycles. The summed E-state index contributed by atoms with van der Waals surface area (Å²) in [6, 6.07) is 7.45. The molecule has 0 heterocycles. The first-order valence-electron chi connectivity index (χ1n) is 6.49. The van der Waals surface area contributed by atoms with Crippen molar-refractivity contribution in [1.82, 2.24) is 0 Å². The van der Waals surface area contributed by atoms with Gasteiger partial charge in [-0.15, -0.1) is 0 Å². The lowest BCUT2D eigenvalue weighted by Gasteiger charge is -2.14. The molecule has 0 spiro atoms. The molecule has 0 aliphatic carbocycles. The summed E-state index contributed by atoms with van der Waals surface area (Å²) < 4.78 is 0.820. The predicted octanol–water partition coefficient (Wildman–Crippen LogP) is 4.50. The summed E-state index contributed by atoms with van der Waals surface area (Å²) in [5, 5.41) is 0. The summed E-state index contributed by atoms with van der Waals surface area (Å²) in [5.74, 6) is 0.0276. The average molecular weight is 332 g/mol. The van der Waals surface area contributed by atoms with Crippen molar-refractivity contribution < 1.29 is 4.79 Å². The van der Waals surface area contributed by atoms with Gasteiger partial charge in [0.1, 0.15) is 0 Å². The second-order valence-electron chi connectivity index (χ2n) is 5.24. The highest BCUT2D eigenvalue weighted by Gasteiger charge is 2.18. The van der Waals surface area contributed by atoms with Gasteiger partial charge in [0, 0.05) is 21.3 Å². The van der Waals surface area contributed by atoms with E-state index in [1.54, 1.807) is 12.1 Å². The minimum atomic E-state index is 0.0276. The van der Waals surface area contributed by atoms with Gasteiger partial charge in [-0.05, 0) is 68.1 Å². The molecule has 0 radical (unpaired) electrons. The maximum absolute atomic E-state index is 12.8. The van der Waals surface area contributed by atoms with Crippen molar-refractivity contribution in [3.63, 3.8) is 0 Å². The first-order chi connectivity index (χ1) is 9.31. The number of benzene rings is 2. The molecule has 0 unspecified atom stereocenters. The minimum Gasteiger partial charge on any atom is -0.399 e. The maximum atomic E-state index is 12.8. The molecule has 2 aromatic carbocycles. The van der Waals surface area contributed by atoms with E-state index in [2.05, 4.69) is 22.0 Å². The monoisotopic (exact) mass is 331 g/mol. The van der Waals surface area contributed by atoms with Crippen LogP contribution in [-0.4, -0.2) is 5.78 Å². The number of ketones is 1. The first kappa shape index (κ1) is 14.8. The molecule has 0 bridgehead atoms. The molecule has 0 fully saturated rings. The minimum absolute atomic E-state index is 0.0276. The van der Waals surface area contributed by atoms with Gasteiger partial charge in [-0.2, -0.15) is 0 Å². The van der Waals surface area contributed by atoms with Crippen LogP contribution in [0.15, 0.2) is 28.7 Å². The molecule has 2 nitrogen and oxygen atoms in total. The molecule has 0 aromatic heterocycles. The Morgan fingerprint density at radius 1 is 0.950 bits per heavy atom. The fourth-order valence-corrected chi connectivity index (χ4v) is 2.96. The molecule has 3 heteroatoms. The van der Waals surface area contributed by atoms with Crippen LogP contribution in [0.1, 0.15) is 38.2 Å². The zero-order valence-electron chi connectivity index (χ0n) is 12.2. The van der Waals surface area contributed by atoms with Crippen LogP contribution in [0.3, 0.4) is 0 Å². The molecule has 20 heavy (non-hydrogen) atoms. The van der Waals surface area contributed by atoms with Crippen molar-refractivity contribution in [3.05, 3.63) is 62.1 Å². The fraction of sp³-hybridized carbons (Fsp3) is 0.235. The average Bonchev–Trinajstić information content (AvgIpc) is 2.35. The first-order valence-corrected chi connectivity index (χ1v) is 7.28. The zero-order chi connectivity index (χ0) is 15.0. The molecular weight excluding hydrogens is 314 g/mol. The van der Waals surface area contributed by atoms with Gasteiger partial charge in [-0.25, -0.2) is 0 Å². The number of aryl methyl sites for hydroxylation is 2. The maximum Gasteiger partial charge on any atom is 0.193 e. The molecule has 0 aliphatic rings. The molecule has 0 saturated heterocycles. The summed E-state index contributed by atoms with van der Waals surface area (Å²) in [7, 11) is 0. The van der Waals surface area contributed by atoms with Gasteiger partial charge in [0.2, 0.25) is 0 Å². The number of hydrogen-bond donors (Lipinski definition) is 1. The van der Waals surface area contributed by atoms with Crippen LogP contribution in [0.2, 0.25) is 0 Å².